The van der Waals surface area contributed by atoms with E-state index in [0.29, 0.717) is 0 Å². The Balaban J connectivity index is 1.84. The van der Waals surface area contributed by atoms with E-state index in [-0.39, 0.29) is 0 Å². The molecule has 1 heterocycles. The van der Waals surface area contributed by atoms with Gasteiger partial charge in [-0.3, -0.25) is 0 Å². The summed E-state index contributed by atoms with van der Waals surface area (Å²) in [5, 5.41) is 0. The van der Waals surface area contributed by atoms with Crippen molar-refractivity contribution in [1.29, 1.82) is 0 Å². The van der Waals surface area contributed by atoms with Gasteiger partial charge in [0.15, 0.2) is 0 Å². The summed E-state index contributed by atoms with van der Waals surface area (Å²) in [6.07, 6.45) is 14.1. The second kappa shape index (κ2) is 10.8. The summed E-state index contributed by atoms with van der Waals surface area (Å²) in [6, 6.07) is 0. The lowest BCUT2D eigenvalue weighted by molar-refractivity contribution is 0.184. The van der Waals surface area contributed by atoms with Crippen molar-refractivity contribution in [1.82, 2.24) is 4.90 Å². The molecule has 18 heavy (non-hydrogen) atoms. The second-order valence-electron chi connectivity index (χ2n) is 6.00. The Morgan fingerprint density at radius 1 is 0.889 bits per heavy atom. The molecule has 108 valence electrons. The van der Waals surface area contributed by atoms with Crippen molar-refractivity contribution in [2.75, 3.05) is 26.2 Å². The van der Waals surface area contributed by atoms with Gasteiger partial charge in [-0.2, -0.15) is 0 Å². The maximum atomic E-state index is 5.72. The quantitative estimate of drug-likeness (QED) is 0.601. The highest BCUT2D eigenvalue weighted by Gasteiger charge is 2.16. The second-order valence-corrected chi connectivity index (χ2v) is 6.00. The fourth-order valence-electron chi connectivity index (χ4n) is 2.92. The Morgan fingerprint density at radius 2 is 1.44 bits per heavy atom. The molecule has 1 rings (SSSR count). The van der Waals surface area contributed by atoms with Crippen molar-refractivity contribution in [3.63, 3.8) is 0 Å². The Morgan fingerprint density at radius 3 is 2.00 bits per heavy atom. The fraction of sp³-hybridized carbons (Fsp3) is 1.00. The van der Waals surface area contributed by atoms with Gasteiger partial charge in [-0.25, -0.2) is 0 Å². The molecule has 1 aliphatic rings. The predicted molar refractivity (Wildman–Crippen MR) is 80.8 cm³/mol. The molecule has 0 radical (unpaired) electrons. The molecule has 1 aliphatic heterocycles. The van der Waals surface area contributed by atoms with Crippen LogP contribution in [0.15, 0.2) is 0 Å². The number of unbranched alkanes of at least 4 members (excludes halogenated alkanes) is 7. The molecule has 0 unspecified atom stereocenters. The van der Waals surface area contributed by atoms with Crippen LogP contribution in [-0.2, 0) is 0 Å². The molecule has 2 nitrogen and oxygen atoms in total. The van der Waals surface area contributed by atoms with Gasteiger partial charge in [-0.05, 0) is 51.4 Å². The van der Waals surface area contributed by atoms with Crippen molar-refractivity contribution in [2.45, 2.75) is 71.1 Å². The zero-order valence-electron chi connectivity index (χ0n) is 12.5. The van der Waals surface area contributed by atoms with Crippen molar-refractivity contribution in [3.05, 3.63) is 0 Å². The monoisotopic (exact) mass is 254 g/mol. The summed E-state index contributed by atoms with van der Waals surface area (Å²) in [6.45, 7) is 7.09. The van der Waals surface area contributed by atoms with E-state index in [2.05, 4.69) is 11.8 Å². The van der Waals surface area contributed by atoms with E-state index >= 15 is 0 Å². The van der Waals surface area contributed by atoms with Crippen LogP contribution < -0.4 is 5.73 Å². The smallest absolute Gasteiger partial charge is 0.00156 e. The van der Waals surface area contributed by atoms with E-state index in [1.54, 1.807) is 0 Å². The van der Waals surface area contributed by atoms with Gasteiger partial charge in [-0.1, -0.05) is 51.9 Å². The zero-order chi connectivity index (χ0) is 13.1. The van der Waals surface area contributed by atoms with Crippen LogP contribution in [-0.4, -0.2) is 31.1 Å². The molecule has 2 N–H and O–H groups in total. The van der Waals surface area contributed by atoms with Crippen molar-refractivity contribution in [2.24, 2.45) is 11.7 Å². The van der Waals surface area contributed by atoms with Gasteiger partial charge in [0, 0.05) is 0 Å². The zero-order valence-corrected chi connectivity index (χ0v) is 12.5. The lowest BCUT2D eigenvalue weighted by atomic mass is 9.97. The third-order valence-electron chi connectivity index (χ3n) is 4.37. The average Bonchev–Trinajstić information content (AvgIpc) is 2.42. The van der Waals surface area contributed by atoms with Crippen molar-refractivity contribution < 1.29 is 0 Å². The lowest BCUT2D eigenvalue weighted by Gasteiger charge is -2.31. The summed E-state index contributed by atoms with van der Waals surface area (Å²) in [5.74, 6) is 0.805. The van der Waals surface area contributed by atoms with E-state index in [4.69, 9.17) is 5.73 Å². The van der Waals surface area contributed by atoms with E-state index in [9.17, 15) is 0 Å². The molecule has 0 atom stereocenters. The number of piperidine rings is 1. The third kappa shape index (κ3) is 7.38. The molecule has 0 bridgehead atoms. The maximum Gasteiger partial charge on any atom is -0.00156 e. The molecule has 1 saturated heterocycles. The van der Waals surface area contributed by atoms with Gasteiger partial charge in [0.05, 0.1) is 0 Å². The van der Waals surface area contributed by atoms with Crippen LogP contribution in [0.1, 0.15) is 71.1 Å². The van der Waals surface area contributed by atoms with Gasteiger partial charge in [0.2, 0.25) is 0 Å². The number of likely N-dealkylation sites (tertiary alicyclic amines) is 1. The summed E-state index contributed by atoms with van der Waals surface area (Å²) in [4.78, 5) is 2.64. The molecule has 0 amide bonds. The fourth-order valence-corrected chi connectivity index (χ4v) is 2.92. The van der Waals surface area contributed by atoms with Crippen LogP contribution in [0, 0.1) is 5.92 Å². The van der Waals surface area contributed by atoms with Crippen LogP contribution in [0.25, 0.3) is 0 Å². The first-order valence-corrected chi connectivity index (χ1v) is 8.29. The largest absolute Gasteiger partial charge is 0.330 e. The Labute approximate surface area is 114 Å². The minimum Gasteiger partial charge on any atom is -0.330 e. The van der Waals surface area contributed by atoms with E-state index in [0.717, 1.165) is 12.5 Å². The molecule has 0 aromatic rings. The van der Waals surface area contributed by atoms with Gasteiger partial charge >= 0.3 is 0 Å². The minimum atomic E-state index is 0.805. The Hall–Kier alpha value is -0.0800. The van der Waals surface area contributed by atoms with Gasteiger partial charge in [0.1, 0.15) is 0 Å². The molecular weight excluding hydrogens is 220 g/mol. The first kappa shape index (κ1) is 16.0. The summed E-state index contributed by atoms with van der Waals surface area (Å²) < 4.78 is 0. The highest BCUT2D eigenvalue weighted by atomic mass is 15.1. The Kier molecular flexibility index (Phi) is 9.59. The van der Waals surface area contributed by atoms with Crippen LogP contribution in [0.3, 0.4) is 0 Å². The number of hydrogen-bond acceptors (Lipinski definition) is 2. The minimum absolute atomic E-state index is 0.805. The summed E-state index contributed by atoms with van der Waals surface area (Å²) >= 11 is 0. The molecule has 0 aromatic carbocycles. The first-order chi connectivity index (χ1) is 8.86. The molecular formula is C16H34N2. The van der Waals surface area contributed by atoms with Crippen LogP contribution in [0.2, 0.25) is 0 Å². The molecule has 0 spiro atoms. The third-order valence-corrected chi connectivity index (χ3v) is 4.37. The Bertz CT molecular complexity index is 174. The first-order valence-electron chi connectivity index (χ1n) is 8.29. The molecule has 0 aromatic heterocycles. The highest BCUT2D eigenvalue weighted by Crippen LogP contribution is 2.16. The van der Waals surface area contributed by atoms with Crippen molar-refractivity contribution in [3.8, 4) is 0 Å². The number of nitrogens with zero attached hydrogens (tertiary/aromatic N) is 1. The maximum absolute atomic E-state index is 5.72. The van der Waals surface area contributed by atoms with Gasteiger partial charge in [0.25, 0.3) is 0 Å². The van der Waals surface area contributed by atoms with Crippen LogP contribution in [0.4, 0.5) is 0 Å². The normalized spacial score (nSPS) is 18.3. The number of hydrogen-bond donors (Lipinski definition) is 1. The van der Waals surface area contributed by atoms with E-state index in [1.807, 2.05) is 0 Å². The lowest BCUT2D eigenvalue weighted by Crippen LogP contribution is -2.36. The van der Waals surface area contributed by atoms with Crippen LogP contribution in [0.5, 0.6) is 0 Å². The summed E-state index contributed by atoms with van der Waals surface area (Å²) in [5.41, 5.74) is 5.72. The molecule has 0 aliphatic carbocycles. The topological polar surface area (TPSA) is 29.3 Å². The predicted octanol–water partition coefficient (Wildman–Crippen LogP) is 3.80. The van der Waals surface area contributed by atoms with Crippen LogP contribution >= 0.6 is 0 Å². The molecule has 1 fully saturated rings. The average molecular weight is 254 g/mol. The standard InChI is InChI=1S/C16H34N2/c1-2-3-4-5-6-7-8-9-12-18-13-10-16(15-17)11-14-18/h16H,2-15,17H2,1H3. The van der Waals surface area contributed by atoms with E-state index in [1.165, 1.54) is 83.8 Å². The van der Waals surface area contributed by atoms with Gasteiger partial charge < -0.3 is 10.6 Å². The highest BCUT2D eigenvalue weighted by molar-refractivity contribution is 4.72. The molecule has 0 saturated carbocycles. The van der Waals surface area contributed by atoms with E-state index < -0.39 is 0 Å². The number of rotatable bonds is 10. The molecule has 2 heteroatoms. The SMILES string of the molecule is CCCCCCCCCCN1CCC(CN)CC1. The van der Waals surface area contributed by atoms with Gasteiger partial charge in [-0.15, -0.1) is 0 Å². The number of nitrogens with two attached hydrogens (primary N) is 1. The van der Waals surface area contributed by atoms with Crippen molar-refractivity contribution >= 4 is 0 Å². The summed E-state index contributed by atoms with van der Waals surface area (Å²) in [7, 11) is 0.